The summed E-state index contributed by atoms with van der Waals surface area (Å²) in [6.07, 6.45) is 5.83. The largest absolute Gasteiger partial charge is 0.466 e. The lowest BCUT2D eigenvalue weighted by Gasteiger charge is -1.94. The smallest absolute Gasteiger partial charge is 0.125 e. The average Bonchev–Trinajstić information content (AvgIpc) is 1.72. The molecule has 0 amide bonds. The van der Waals surface area contributed by atoms with E-state index in [1.54, 1.807) is 0 Å². The maximum Gasteiger partial charge on any atom is 0.125 e. The van der Waals surface area contributed by atoms with E-state index in [0.717, 1.165) is 0 Å². The van der Waals surface area contributed by atoms with Gasteiger partial charge in [0.2, 0.25) is 0 Å². The first-order valence-electron chi connectivity index (χ1n) is 1.61. The molecule has 0 saturated carbocycles. The molecule has 0 atom stereocenters. The summed E-state index contributed by atoms with van der Waals surface area (Å²) < 4.78 is 9.17. The van der Waals surface area contributed by atoms with E-state index in [1.165, 1.54) is 25.0 Å². The van der Waals surface area contributed by atoms with Crippen LogP contribution < -0.4 is 0 Å². The Morgan fingerprint density at radius 2 is 1.00 bits per heavy atom. The molecule has 2 nitrogen and oxygen atoms in total. The van der Waals surface area contributed by atoms with Gasteiger partial charge in [-0.3, -0.25) is 0 Å². The van der Waals surface area contributed by atoms with Gasteiger partial charge >= 0.3 is 0 Å². The summed E-state index contributed by atoms with van der Waals surface area (Å²) in [5.74, 6) is 0. The van der Waals surface area contributed by atoms with E-state index >= 15 is 0 Å². The van der Waals surface area contributed by atoms with E-state index in [2.05, 4.69) is 9.47 Å². The minimum Gasteiger partial charge on any atom is -0.466 e. The number of hydrogen-bond acceptors (Lipinski definition) is 2. The highest BCUT2D eigenvalue weighted by atomic mass is 127. The first-order chi connectivity index (χ1) is 3.00. The van der Waals surface area contributed by atoms with Crippen molar-refractivity contribution in [2.45, 2.75) is 0 Å². The Labute approximate surface area is 58.8 Å². The fraction of sp³-hybridized carbons (Fsp3) is 0. The van der Waals surface area contributed by atoms with Crippen LogP contribution in [-0.2, 0) is 9.47 Å². The Balaban J connectivity index is 0.000000360. The first kappa shape index (κ1) is 6.81. The molecule has 1 aliphatic heterocycles. The van der Waals surface area contributed by atoms with Crippen LogP contribution >= 0.6 is 24.0 Å². The Bertz CT molecular complexity index is 67.7. The van der Waals surface area contributed by atoms with E-state index in [-0.39, 0.29) is 24.0 Å². The summed E-state index contributed by atoms with van der Waals surface area (Å²) in [5, 5.41) is 0. The maximum absolute atomic E-state index is 4.58. The third kappa shape index (κ3) is 2.50. The van der Waals surface area contributed by atoms with Crippen molar-refractivity contribution < 1.29 is 9.47 Å². The molecule has 0 aromatic carbocycles. The van der Waals surface area contributed by atoms with Crippen LogP contribution in [0.4, 0.5) is 0 Å². The maximum atomic E-state index is 4.58. The fourth-order valence-electron chi connectivity index (χ4n) is 0.219. The van der Waals surface area contributed by atoms with Crippen LogP contribution in [0.25, 0.3) is 0 Å². The highest BCUT2D eigenvalue weighted by Crippen LogP contribution is 1.89. The summed E-state index contributed by atoms with van der Waals surface area (Å²) in [6, 6.07) is 0. The topological polar surface area (TPSA) is 18.5 Å². The summed E-state index contributed by atoms with van der Waals surface area (Å²) in [4.78, 5) is 0. The SMILES string of the molecule is C1=COC=CO1.I. The zero-order valence-electron chi connectivity index (χ0n) is 3.53. The lowest BCUT2D eigenvalue weighted by atomic mass is 10.9. The molecule has 0 unspecified atom stereocenters. The van der Waals surface area contributed by atoms with Crippen molar-refractivity contribution in [3.63, 3.8) is 0 Å². The van der Waals surface area contributed by atoms with Crippen LogP contribution in [0, 0.1) is 0 Å². The van der Waals surface area contributed by atoms with Crippen molar-refractivity contribution in [2.24, 2.45) is 0 Å². The number of rotatable bonds is 0. The molecule has 1 rings (SSSR count). The van der Waals surface area contributed by atoms with Gasteiger partial charge in [-0.2, -0.15) is 0 Å². The Morgan fingerprint density at radius 1 is 0.714 bits per heavy atom. The Kier molecular flexibility index (Phi) is 3.87. The molecule has 0 bridgehead atoms. The van der Waals surface area contributed by atoms with E-state index in [0.29, 0.717) is 0 Å². The summed E-state index contributed by atoms with van der Waals surface area (Å²) in [7, 11) is 0. The second-order valence-electron chi connectivity index (χ2n) is 0.816. The molecule has 0 aliphatic carbocycles. The van der Waals surface area contributed by atoms with Crippen molar-refractivity contribution in [2.75, 3.05) is 0 Å². The molecule has 0 radical (unpaired) electrons. The average molecular weight is 212 g/mol. The van der Waals surface area contributed by atoms with Crippen molar-refractivity contribution >= 4 is 24.0 Å². The quantitative estimate of drug-likeness (QED) is 0.567. The second-order valence-corrected chi connectivity index (χ2v) is 0.816. The molecule has 0 aromatic rings. The fourth-order valence-corrected chi connectivity index (χ4v) is 0.219. The van der Waals surface area contributed by atoms with Crippen molar-refractivity contribution in [1.29, 1.82) is 0 Å². The number of halogens is 1. The van der Waals surface area contributed by atoms with Crippen molar-refractivity contribution in [3.05, 3.63) is 25.0 Å². The van der Waals surface area contributed by atoms with Crippen LogP contribution in [0.5, 0.6) is 0 Å². The van der Waals surface area contributed by atoms with Crippen LogP contribution in [0.1, 0.15) is 0 Å². The minimum atomic E-state index is 0. The molecule has 7 heavy (non-hydrogen) atoms. The molecular weight excluding hydrogens is 207 g/mol. The van der Waals surface area contributed by atoms with E-state index in [4.69, 9.17) is 0 Å². The summed E-state index contributed by atoms with van der Waals surface area (Å²) >= 11 is 0. The van der Waals surface area contributed by atoms with Gasteiger partial charge in [0.25, 0.3) is 0 Å². The molecule has 0 fully saturated rings. The van der Waals surface area contributed by atoms with Gasteiger partial charge < -0.3 is 9.47 Å². The van der Waals surface area contributed by atoms with Gasteiger partial charge in [-0.25, -0.2) is 0 Å². The van der Waals surface area contributed by atoms with E-state index in [1.807, 2.05) is 0 Å². The standard InChI is InChI=1S/C4H4O2.HI/c1-2-6-4-3-5-1;/h1-4H;1H. The highest BCUT2D eigenvalue weighted by Gasteiger charge is 1.74. The molecule has 1 aliphatic rings. The molecule has 1 heterocycles. The first-order valence-corrected chi connectivity index (χ1v) is 1.61. The van der Waals surface area contributed by atoms with Gasteiger partial charge in [0.1, 0.15) is 25.0 Å². The predicted molar refractivity (Wildman–Crippen MR) is 35.9 cm³/mol. The van der Waals surface area contributed by atoms with Gasteiger partial charge in [-0.1, -0.05) is 0 Å². The third-order valence-corrected chi connectivity index (χ3v) is 0.425. The molecule has 40 valence electrons. The van der Waals surface area contributed by atoms with Gasteiger partial charge in [-0.05, 0) is 0 Å². The van der Waals surface area contributed by atoms with Crippen molar-refractivity contribution in [3.8, 4) is 0 Å². The molecule has 0 aromatic heterocycles. The molecule has 0 spiro atoms. The number of ether oxygens (including phenoxy) is 2. The summed E-state index contributed by atoms with van der Waals surface area (Å²) in [6.45, 7) is 0. The van der Waals surface area contributed by atoms with Gasteiger partial charge in [-0.15, -0.1) is 24.0 Å². The lowest BCUT2D eigenvalue weighted by Crippen LogP contribution is -1.74. The van der Waals surface area contributed by atoms with E-state index < -0.39 is 0 Å². The van der Waals surface area contributed by atoms with Gasteiger partial charge in [0, 0.05) is 0 Å². The van der Waals surface area contributed by atoms with Gasteiger partial charge in [0.05, 0.1) is 0 Å². The highest BCUT2D eigenvalue weighted by molar-refractivity contribution is 14.0. The summed E-state index contributed by atoms with van der Waals surface area (Å²) in [5.41, 5.74) is 0. The van der Waals surface area contributed by atoms with Crippen molar-refractivity contribution in [1.82, 2.24) is 0 Å². The molecular formula is C4H5IO2. The molecule has 0 saturated heterocycles. The van der Waals surface area contributed by atoms with E-state index in [9.17, 15) is 0 Å². The monoisotopic (exact) mass is 212 g/mol. The van der Waals surface area contributed by atoms with Crippen LogP contribution in [0.2, 0.25) is 0 Å². The molecule has 0 N–H and O–H groups in total. The Morgan fingerprint density at radius 3 is 1.14 bits per heavy atom. The lowest BCUT2D eigenvalue weighted by molar-refractivity contribution is 0.290. The van der Waals surface area contributed by atoms with Crippen LogP contribution in [0.3, 0.4) is 0 Å². The van der Waals surface area contributed by atoms with Gasteiger partial charge in [0.15, 0.2) is 0 Å². The molecule has 3 heteroatoms. The zero-order chi connectivity index (χ0) is 4.24. The Hall–Kier alpha value is -0.190. The predicted octanol–water partition coefficient (Wildman–Crippen LogP) is 1.59. The number of hydrogen-bond donors (Lipinski definition) is 0. The van der Waals surface area contributed by atoms with Crippen LogP contribution in [-0.4, -0.2) is 0 Å². The zero-order valence-corrected chi connectivity index (χ0v) is 5.86. The normalized spacial score (nSPS) is 13.7. The second kappa shape index (κ2) is 3.98. The third-order valence-electron chi connectivity index (χ3n) is 0.425. The van der Waals surface area contributed by atoms with Crippen LogP contribution in [0.15, 0.2) is 25.0 Å². The minimum absolute atomic E-state index is 0.